The molecule has 0 spiro atoms. The van der Waals surface area contributed by atoms with Crippen LogP contribution in [0.15, 0.2) is 79.0 Å². The number of nitrogens with zero attached hydrogens (tertiary/aromatic N) is 3. The van der Waals surface area contributed by atoms with Gasteiger partial charge in [0, 0.05) is 34.2 Å². The summed E-state index contributed by atoms with van der Waals surface area (Å²) < 4.78 is 2.19. The van der Waals surface area contributed by atoms with Crippen molar-refractivity contribution in [3.8, 4) is 6.07 Å². The Bertz CT molecular complexity index is 1400. The van der Waals surface area contributed by atoms with Gasteiger partial charge in [0.1, 0.15) is 11.9 Å². The number of nitriles is 1. The highest BCUT2D eigenvalue weighted by Gasteiger charge is 2.11. The third kappa shape index (κ3) is 3.36. The van der Waals surface area contributed by atoms with E-state index < -0.39 is 0 Å². The molecule has 30 heavy (non-hydrogen) atoms. The van der Waals surface area contributed by atoms with Crippen molar-refractivity contribution in [3.63, 3.8) is 0 Å². The highest BCUT2D eigenvalue weighted by atomic mass is 35.5. The van der Waals surface area contributed by atoms with Crippen molar-refractivity contribution in [2.75, 3.05) is 0 Å². The monoisotopic (exact) mass is 408 g/mol. The first-order valence-corrected chi connectivity index (χ1v) is 9.98. The van der Waals surface area contributed by atoms with Gasteiger partial charge in [-0.25, -0.2) is 4.98 Å². The second-order valence-electron chi connectivity index (χ2n) is 7.13. The van der Waals surface area contributed by atoms with Crippen LogP contribution in [0.4, 0.5) is 0 Å². The number of hydrogen-bond acceptors (Lipinski definition) is 2. The summed E-state index contributed by atoms with van der Waals surface area (Å²) in [6, 6.07) is 26.1. The minimum Gasteiger partial charge on any atom is -0.342 e. The van der Waals surface area contributed by atoms with E-state index in [2.05, 4.69) is 38.9 Å². The normalized spacial score (nSPS) is 11.8. The molecular formula is C25H17ClN4. The minimum absolute atomic E-state index is 0.501. The minimum atomic E-state index is 0.501. The molecule has 0 unspecified atom stereocenters. The molecule has 2 aromatic heterocycles. The van der Waals surface area contributed by atoms with E-state index in [-0.39, 0.29) is 0 Å². The lowest BCUT2D eigenvalue weighted by Crippen LogP contribution is -1.97. The molecule has 0 aliphatic rings. The van der Waals surface area contributed by atoms with Gasteiger partial charge in [0.2, 0.25) is 0 Å². The predicted octanol–water partition coefficient (Wildman–Crippen LogP) is 6.28. The molecule has 0 atom stereocenters. The van der Waals surface area contributed by atoms with Gasteiger partial charge in [-0.15, -0.1) is 0 Å². The van der Waals surface area contributed by atoms with E-state index in [0.717, 1.165) is 44.6 Å². The van der Waals surface area contributed by atoms with E-state index in [9.17, 15) is 5.26 Å². The Morgan fingerprint density at radius 1 is 1.03 bits per heavy atom. The maximum Gasteiger partial charge on any atom is 0.149 e. The Kier molecular flexibility index (Phi) is 4.59. The van der Waals surface area contributed by atoms with Gasteiger partial charge in [0.05, 0.1) is 16.6 Å². The molecular weight excluding hydrogens is 392 g/mol. The van der Waals surface area contributed by atoms with Crippen molar-refractivity contribution in [3.05, 3.63) is 101 Å². The van der Waals surface area contributed by atoms with E-state index in [0.29, 0.717) is 11.4 Å². The Hall–Kier alpha value is -3.81. The van der Waals surface area contributed by atoms with Gasteiger partial charge in [0.15, 0.2) is 0 Å². The number of halogens is 1. The van der Waals surface area contributed by atoms with Crippen LogP contribution in [0.25, 0.3) is 33.6 Å². The summed E-state index contributed by atoms with van der Waals surface area (Å²) >= 11 is 6.02. The first-order valence-electron chi connectivity index (χ1n) is 9.60. The Balaban J connectivity index is 1.59. The van der Waals surface area contributed by atoms with E-state index in [1.807, 2.05) is 66.7 Å². The van der Waals surface area contributed by atoms with Crippen LogP contribution < -0.4 is 0 Å². The lowest BCUT2D eigenvalue weighted by molar-refractivity contribution is 0.836. The average Bonchev–Trinajstić information content (AvgIpc) is 3.35. The van der Waals surface area contributed by atoms with Gasteiger partial charge in [-0.05, 0) is 42.0 Å². The van der Waals surface area contributed by atoms with Crippen molar-refractivity contribution in [2.24, 2.45) is 0 Å². The van der Waals surface area contributed by atoms with Gasteiger partial charge in [-0.1, -0.05) is 54.1 Å². The zero-order valence-corrected chi connectivity index (χ0v) is 16.8. The topological polar surface area (TPSA) is 57.4 Å². The number of benzene rings is 3. The molecule has 5 aromatic rings. The molecule has 0 aliphatic heterocycles. The number of para-hydroxylation sites is 3. The van der Waals surface area contributed by atoms with E-state index in [1.54, 1.807) is 0 Å². The van der Waals surface area contributed by atoms with Crippen LogP contribution in [0.1, 0.15) is 17.0 Å². The lowest BCUT2D eigenvalue weighted by Gasteiger charge is -2.05. The zero-order valence-electron chi connectivity index (χ0n) is 16.0. The van der Waals surface area contributed by atoms with Gasteiger partial charge in [-0.2, -0.15) is 5.26 Å². The average molecular weight is 409 g/mol. The molecule has 0 amide bonds. The standard InChI is InChI=1S/C25H17ClN4/c26-20-11-9-17(10-12-20)15-30-16-19(21-5-1-4-8-24(21)30)13-18(14-27)25-28-22-6-2-3-7-23(22)29-25/h1-13,16H,15H2,(H,28,29). The molecule has 0 aliphatic carbocycles. The van der Waals surface area contributed by atoms with Crippen molar-refractivity contribution in [1.82, 2.24) is 14.5 Å². The quantitative estimate of drug-likeness (QED) is 0.355. The van der Waals surface area contributed by atoms with Crippen molar-refractivity contribution < 1.29 is 0 Å². The van der Waals surface area contributed by atoms with E-state index >= 15 is 0 Å². The van der Waals surface area contributed by atoms with Crippen LogP contribution in [0, 0.1) is 11.3 Å². The number of fused-ring (bicyclic) bond motifs is 2. The molecule has 4 nitrogen and oxygen atoms in total. The summed E-state index contributed by atoms with van der Waals surface area (Å²) in [5, 5.41) is 11.6. The Morgan fingerprint density at radius 2 is 1.80 bits per heavy atom. The number of aromatic amines is 1. The van der Waals surface area contributed by atoms with Crippen LogP contribution in [0.2, 0.25) is 5.02 Å². The molecule has 0 saturated heterocycles. The van der Waals surface area contributed by atoms with E-state index in [4.69, 9.17) is 11.6 Å². The summed E-state index contributed by atoms with van der Waals surface area (Å²) in [4.78, 5) is 7.82. The van der Waals surface area contributed by atoms with Gasteiger partial charge in [-0.3, -0.25) is 0 Å². The molecule has 5 rings (SSSR count). The van der Waals surface area contributed by atoms with Gasteiger partial charge < -0.3 is 9.55 Å². The smallest absolute Gasteiger partial charge is 0.149 e. The zero-order chi connectivity index (χ0) is 20.5. The molecule has 0 bridgehead atoms. The molecule has 144 valence electrons. The van der Waals surface area contributed by atoms with Crippen LogP contribution in [-0.4, -0.2) is 14.5 Å². The van der Waals surface area contributed by atoms with Crippen LogP contribution >= 0.6 is 11.6 Å². The highest BCUT2D eigenvalue weighted by molar-refractivity contribution is 6.30. The molecule has 0 fully saturated rings. The number of rotatable bonds is 4. The highest BCUT2D eigenvalue weighted by Crippen LogP contribution is 2.27. The van der Waals surface area contributed by atoms with Crippen molar-refractivity contribution in [1.29, 1.82) is 5.26 Å². The van der Waals surface area contributed by atoms with Crippen LogP contribution in [-0.2, 0) is 6.54 Å². The predicted molar refractivity (Wildman–Crippen MR) is 122 cm³/mol. The SMILES string of the molecule is N#CC(=Cc1cn(Cc2ccc(Cl)cc2)c2ccccc12)c1nc2ccccc2[nH]1. The number of H-pyrrole nitrogens is 1. The molecule has 0 radical (unpaired) electrons. The first-order chi connectivity index (χ1) is 14.7. The second kappa shape index (κ2) is 7.55. The fourth-order valence-corrected chi connectivity index (χ4v) is 3.82. The third-order valence-electron chi connectivity index (χ3n) is 5.15. The summed E-state index contributed by atoms with van der Waals surface area (Å²) in [5.74, 6) is 0.577. The first kappa shape index (κ1) is 18.2. The number of aromatic nitrogens is 3. The number of imidazole rings is 1. The maximum absolute atomic E-state index is 9.81. The molecule has 3 aromatic carbocycles. The molecule has 0 saturated carbocycles. The van der Waals surface area contributed by atoms with E-state index in [1.165, 1.54) is 0 Å². The fraction of sp³-hybridized carbons (Fsp3) is 0.0400. The third-order valence-corrected chi connectivity index (χ3v) is 5.40. The van der Waals surface area contributed by atoms with Gasteiger partial charge in [0.25, 0.3) is 0 Å². The summed E-state index contributed by atoms with van der Waals surface area (Å²) in [5.41, 5.74) is 5.52. The molecule has 5 heteroatoms. The van der Waals surface area contributed by atoms with Crippen LogP contribution in [0.3, 0.4) is 0 Å². The number of hydrogen-bond donors (Lipinski definition) is 1. The summed E-state index contributed by atoms with van der Waals surface area (Å²) in [6.45, 7) is 0.720. The Morgan fingerprint density at radius 3 is 2.60 bits per heavy atom. The molecule has 2 heterocycles. The lowest BCUT2D eigenvalue weighted by atomic mass is 10.1. The fourth-order valence-electron chi connectivity index (χ4n) is 3.70. The second-order valence-corrected chi connectivity index (χ2v) is 7.56. The molecule has 1 N–H and O–H groups in total. The van der Waals surface area contributed by atoms with Crippen molar-refractivity contribution >= 4 is 45.2 Å². The van der Waals surface area contributed by atoms with Crippen molar-refractivity contribution in [2.45, 2.75) is 6.54 Å². The van der Waals surface area contributed by atoms with Gasteiger partial charge >= 0.3 is 0 Å². The van der Waals surface area contributed by atoms with Crippen LogP contribution in [0.5, 0.6) is 0 Å². The largest absolute Gasteiger partial charge is 0.342 e. The number of nitrogens with one attached hydrogen (secondary N) is 1. The summed E-state index contributed by atoms with van der Waals surface area (Å²) in [7, 11) is 0. The number of allylic oxidation sites excluding steroid dienone is 1. The summed E-state index contributed by atoms with van der Waals surface area (Å²) in [6.07, 6.45) is 3.98. The maximum atomic E-state index is 9.81. The Labute approximate surface area is 178 Å².